The number of rotatable bonds is 8. The van der Waals surface area contributed by atoms with Crippen molar-refractivity contribution in [2.45, 2.75) is 38.5 Å². The van der Waals surface area contributed by atoms with E-state index in [4.69, 9.17) is 0 Å². The molecule has 0 aliphatic heterocycles. The van der Waals surface area contributed by atoms with E-state index in [9.17, 15) is 0 Å². The molecule has 0 aliphatic carbocycles. The van der Waals surface area contributed by atoms with Gasteiger partial charge < -0.3 is 2.85 Å². The molecule has 0 amide bonds. The number of hydrogen-bond donors (Lipinski definition) is 0. The van der Waals surface area contributed by atoms with Crippen molar-refractivity contribution in [3.05, 3.63) is 48.0 Å². The van der Waals surface area contributed by atoms with Crippen LogP contribution in [0.2, 0.25) is 0 Å². The third-order valence-corrected chi connectivity index (χ3v) is 3.17. The fourth-order valence-electron chi connectivity index (χ4n) is 1.66. The van der Waals surface area contributed by atoms with Gasteiger partial charge >= 0.3 is 23.1 Å². The summed E-state index contributed by atoms with van der Waals surface area (Å²) in [5.41, 5.74) is 1.44. The van der Waals surface area contributed by atoms with Gasteiger partial charge in [-0.2, -0.15) is 0 Å². The van der Waals surface area contributed by atoms with Gasteiger partial charge in [-0.25, -0.2) is 0 Å². The number of unbranched alkanes of at least 4 members (excludes halogenated alkanes) is 3. The van der Waals surface area contributed by atoms with Crippen LogP contribution in [0.4, 0.5) is 0 Å². The molecule has 0 aromatic heterocycles. The van der Waals surface area contributed by atoms with Crippen LogP contribution in [0.3, 0.4) is 0 Å². The Morgan fingerprint density at radius 1 is 0.941 bits per heavy atom. The molecule has 1 aromatic rings. The van der Waals surface area contributed by atoms with E-state index >= 15 is 0 Å². The molecular formula is C15H23BrMg. The minimum atomic E-state index is 0. The van der Waals surface area contributed by atoms with E-state index in [-0.39, 0.29) is 25.9 Å². The number of halogens is 1. The summed E-state index contributed by atoms with van der Waals surface area (Å²) in [6.45, 7) is 0. The summed E-state index contributed by atoms with van der Waals surface area (Å²) in [5, 5.41) is 1.14. The molecule has 0 saturated heterocycles. The van der Waals surface area contributed by atoms with E-state index in [1.165, 1.54) is 44.1 Å². The summed E-state index contributed by atoms with van der Waals surface area (Å²) in [6.07, 6.45) is 12.2. The van der Waals surface area contributed by atoms with E-state index < -0.39 is 0 Å². The molecule has 1 rings (SSSR count). The second-order valence-corrected chi connectivity index (χ2v) is 4.83. The maximum atomic E-state index is 3.45. The predicted molar refractivity (Wildman–Crippen MR) is 84.1 cm³/mol. The minimum absolute atomic E-state index is 0. The van der Waals surface area contributed by atoms with Crippen LogP contribution in [-0.2, 0) is 6.42 Å². The molecule has 0 fully saturated rings. The van der Waals surface area contributed by atoms with Crippen LogP contribution in [0, 0.1) is 0 Å². The first-order valence-corrected chi connectivity index (χ1v) is 7.30. The van der Waals surface area contributed by atoms with Gasteiger partial charge in [0, 0.05) is 5.33 Å². The number of alkyl halides is 1. The van der Waals surface area contributed by atoms with Crippen molar-refractivity contribution < 1.29 is 2.85 Å². The third-order valence-electron chi connectivity index (χ3n) is 2.61. The molecule has 0 radical (unpaired) electrons. The van der Waals surface area contributed by atoms with E-state index in [0.717, 1.165) is 5.33 Å². The van der Waals surface area contributed by atoms with E-state index in [1.54, 1.807) is 0 Å². The summed E-state index contributed by atoms with van der Waals surface area (Å²) < 4.78 is 0. The summed E-state index contributed by atoms with van der Waals surface area (Å²) in [6, 6.07) is 10.7. The summed E-state index contributed by atoms with van der Waals surface area (Å²) >= 11 is 3.45. The monoisotopic (exact) mass is 306 g/mol. The standard InChI is InChI=1S/C15H21Br.Mg.2H/c16-14-10-5-3-1-2-4-7-11-15-12-8-6-9-13-15;;;/h2,4,6,8-9,12-13H,1,3,5,7,10-11,14H2;;;/q;+2;2*-1/b4-2+;;;. The Kier molecular flexibility index (Phi) is 12.8. The first kappa shape index (κ1) is 17.2. The Morgan fingerprint density at radius 2 is 1.65 bits per heavy atom. The third kappa shape index (κ3) is 9.87. The Labute approximate surface area is 133 Å². The fourth-order valence-corrected chi connectivity index (χ4v) is 2.06. The average Bonchev–Trinajstić information content (AvgIpc) is 2.34. The van der Waals surface area contributed by atoms with Crippen molar-refractivity contribution >= 4 is 39.0 Å². The molecule has 0 aliphatic rings. The molecular weight excluding hydrogens is 284 g/mol. The van der Waals surface area contributed by atoms with Gasteiger partial charge in [-0.1, -0.05) is 64.8 Å². The maximum absolute atomic E-state index is 3.45. The van der Waals surface area contributed by atoms with Crippen LogP contribution in [0.5, 0.6) is 0 Å². The first-order valence-electron chi connectivity index (χ1n) is 6.18. The van der Waals surface area contributed by atoms with Crippen LogP contribution < -0.4 is 0 Å². The molecule has 0 heterocycles. The Hall–Kier alpha value is 0.206. The number of aryl methyl sites for hydroxylation is 1. The zero-order valence-corrected chi connectivity index (χ0v) is 13.6. The maximum Gasteiger partial charge on any atom is 2.00 e. The molecule has 2 heteroatoms. The normalized spacial score (nSPS) is 10.4. The average molecular weight is 308 g/mol. The molecule has 17 heavy (non-hydrogen) atoms. The second kappa shape index (κ2) is 12.7. The van der Waals surface area contributed by atoms with Gasteiger partial charge in [0.15, 0.2) is 0 Å². The van der Waals surface area contributed by atoms with Crippen LogP contribution >= 0.6 is 15.9 Å². The zero-order chi connectivity index (χ0) is 11.5. The summed E-state index contributed by atoms with van der Waals surface area (Å²) in [5.74, 6) is 0. The molecule has 0 atom stereocenters. The van der Waals surface area contributed by atoms with Crippen molar-refractivity contribution in [3.63, 3.8) is 0 Å². The van der Waals surface area contributed by atoms with Crippen LogP contribution in [0.15, 0.2) is 42.5 Å². The zero-order valence-electron chi connectivity index (χ0n) is 12.6. The van der Waals surface area contributed by atoms with Crippen molar-refractivity contribution in [1.29, 1.82) is 0 Å². The fraction of sp³-hybridized carbons (Fsp3) is 0.467. The van der Waals surface area contributed by atoms with E-state index in [2.05, 4.69) is 58.4 Å². The van der Waals surface area contributed by atoms with E-state index in [1.807, 2.05) is 0 Å². The van der Waals surface area contributed by atoms with Gasteiger partial charge in [-0.3, -0.25) is 0 Å². The number of hydrogen-bond acceptors (Lipinski definition) is 0. The molecule has 0 nitrogen and oxygen atoms in total. The molecule has 0 spiro atoms. The van der Waals surface area contributed by atoms with Crippen molar-refractivity contribution in [3.8, 4) is 0 Å². The van der Waals surface area contributed by atoms with Gasteiger partial charge in [-0.15, -0.1) is 0 Å². The molecule has 0 bridgehead atoms. The molecule has 0 saturated carbocycles. The minimum Gasteiger partial charge on any atom is -1.00 e. The molecule has 0 unspecified atom stereocenters. The predicted octanol–water partition coefficient (Wildman–Crippen LogP) is 4.97. The number of benzene rings is 1. The van der Waals surface area contributed by atoms with Crippen molar-refractivity contribution in [1.82, 2.24) is 0 Å². The van der Waals surface area contributed by atoms with Gasteiger partial charge in [0.05, 0.1) is 0 Å². The Bertz CT molecular complexity index is 291. The largest absolute Gasteiger partial charge is 2.00 e. The smallest absolute Gasteiger partial charge is 1.00 e. The second-order valence-electron chi connectivity index (χ2n) is 4.03. The quantitative estimate of drug-likeness (QED) is 0.275. The molecule has 1 aromatic carbocycles. The van der Waals surface area contributed by atoms with Crippen LogP contribution in [0.25, 0.3) is 0 Å². The van der Waals surface area contributed by atoms with Gasteiger partial charge in [0.1, 0.15) is 0 Å². The first-order chi connectivity index (χ1) is 7.93. The van der Waals surface area contributed by atoms with Gasteiger partial charge in [0.2, 0.25) is 0 Å². The van der Waals surface area contributed by atoms with Crippen molar-refractivity contribution in [2.75, 3.05) is 5.33 Å². The summed E-state index contributed by atoms with van der Waals surface area (Å²) in [4.78, 5) is 0. The van der Waals surface area contributed by atoms with Gasteiger partial charge in [-0.05, 0) is 37.7 Å². The SMILES string of the molecule is BrCCCCC/C=C/CCc1ccccc1.[H-].[H-].[Mg+2]. The topological polar surface area (TPSA) is 0 Å². The van der Waals surface area contributed by atoms with E-state index in [0.29, 0.717) is 0 Å². The molecule has 92 valence electrons. The molecule has 0 N–H and O–H groups in total. The van der Waals surface area contributed by atoms with Crippen LogP contribution in [0.1, 0.15) is 40.5 Å². The summed E-state index contributed by atoms with van der Waals surface area (Å²) in [7, 11) is 0. The van der Waals surface area contributed by atoms with Gasteiger partial charge in [0.25, 0.3) is 0 Å². The Morgan fingerprint density at radius 3 is 2.35 bits per heavy atom. The van der Waals surface area contributed by atoms with Crippen molar-refractivity contribution in [2.24, 2.45) is 0 Å². The Balaban J connectivity index is -0.000000853. The number of allylic oxidation sites excluding steroid dienone is 2. The van der Waals surface area contributed by atoms with Crippen LogP contribution in [-0.4, -0.2) is 28.4 Å².